The van der Waals surface area contributed by atoms with E-state index in [1.165, 1.54) is 40.0 Å². The third-order valence-corrected chi connectivity index (χ3v) is 8.39. The summed E-state index contributed by atoms with van der Waals surface area (Å²) in [6.45, 7) is 6.10. The van der Waals surface area contributed by atoms with Crippen LogP contribution in [0.1, 0.15) is 32.3 Å². The molecule has 5 aromatic rings. The Balaban J connectivity index is 1.30. The van der Waals surface area contributed by atoms with E-state index in [-0.39, 0.29) is 11.5 Å². The van der Waals surface area contributed by atoms with E-state index in [2.05, 4.69) is 46.2 Å². The van der Waals surface area contributed by atoms with Crippen LogP contribution in [0.15, 0.2) is 75.3 Å². The second kappa shape index (κ2) is 10.4. The summed E-state index contributed by atoms with van der Waals surface area (Å²) in [7, 11) is 0. The Labute approximate surface area is 220 Å². The fourth-order valence-electron chi connectivity index (χ4n) is 3.75. The van der Waals surface area contributed by atoms with Crippen LogP contribution in [0.5, 0.6) is 0 Å². The van der Waals surface area contributed by atoms with Crippen LogP contribution in [0.25, 0.3) is 32.6 Å². The van der Waals surface area contributed by atoms with Crippen molar-refractivity contribution < 1.29 is 4.79 Å². The van der Waals surface area contributed by atoms with Crippen LogP contribution in [0, 0.1) is 0 Å². The molecule has 9 heteroatoms. The van der Waals surface area contributed by atoms with Crippen molar-refractivity contribution in [2.75, 3.05) is 5.32 Å². The maximum atomic E-state index is 13.0. The number of carbonyl (C=O) groups excluding carboxylic acids is 1. The quantitative estimate of drug-likeness (QED) is 0.174. The molecule has 6 nitrogen and oxygen atoms in total. The Kier molecular flexibility index (Phi) is 7.04. The molecule has 2 N–H and O–H groups in total. The van der Waals surface area contributed by atoms with Crippen LogP contribution in [0.3, 0.4) is 0 Å². The van der Waals surface area contributed by atoms with Crippen LogP contribution in [-0.4, -0.2) is 26.1 Å². The van der Waals surface area contributed by atoms with Crippen LogP contribution in [0.2, 0.25) is 0 Å². The zero-order valence-corrected chi connectivity index (χ0v) is 22.4. The highest BCUT2D eigenvalue weighted by Crippen LogP contribution is 2.33. The molecular weight excluding hydrogens is 509 g/mol. The number of H-pyrrole nitrogens is 1. The molecule has 0 saturated carbocycles. The van der Waals surface area contributed by atoms with E-state index in [1.807, 2.05) is 53.2 Å². The van der Waals surface area contributed by atoms with E-state index in [4.69, 9.17) is 0 Å². The number of anilines is 1. The standard InChI is InChI=1S/C27H24N4O2S3/c1-15(2)17-9-11-18(12-10-17)20-13-34-25-22(20)24(33)30-27(31-25)36-16(3)23(32)29-26-28-21(14-35-26)19-7-5-4-6-8-19/h4-16H,1-3H3,(H,28,29,32)(H,30,31,33). The third-order valence-electron chi connectivity index (χ3n) is 5.77. The van der Waals surface area contributed by atoms with E-state index in [1.54, 1.807) is 6.92 Å². The molecule has 2 aromatic carbocycles. The smallest absolute Gasteiger partial charge is 0.260 e. The minimum absolute atomic E-state index is 0.200. The molecule has 5 rings (SSSR count). The van der Waals surface area contributed by atoms with E-state index >= 15 is 0 Å². The summed E-state index contributed by atoms with van der Waals surface area (Å²) >= 11 is 4.03. The van der Waals surface area contributed by atoms with Crippen LogP contribution in [-0.2, 0) is 4.79 Å². The molecule has 0 spiro atoms. The zero-order chi connectivity index (χ0) is 25.2. The number of nitrogens with zero attached hydrogens (tertiary/aromatic N) is 2. The lowest BCUT2D eigenvalue weighted by molar-refractivity contribution is -0.115. The second-order valence-corrected chi connectivity index (χ2v) is 11.7. The zero-order valence-electron chi connectivity index (χ0n) is 19.9. The molecular formula is C27H24N4O2S3. The highest BCUT2D eigenvalue weighted by atomic mass is 32.2. The predicted molar refractivity (Wildman–Crippen MR) is 151 cm³/mol. The van der Waals surface area contributed by atoms with Gasteiger partial charge in [0.15, 0.2) is 10.3 Å². The maximum absolute atomic E-state index is 13.0. The summed E-state index contributed by atoms with van der Waals surface area (Å²) in [5.41, 5.74) is 4.73. The van der Waals surface area contributed by atoms with Gasteiger partial charge in [-0.25, -0.2) is 9.97 Å². The number of thioether (sulfide) groups is 1. The first-order valence-corrected chi connectivity index (χ1v) is 14.1. The summed E-state index contributed by atoms with van der Waals surface area (Å²) in [4.78, 5) is 38.5. The van der Waals surface area contributed by atoms with E-state index in [0.717, 1.165) is 22.4 Å². The number of amides is 1. The summed E-state index contributed by atoms with van der Waals surface area (Å²) in [6.07, 6.45) is 0. The molecule has 0 radical (unpaired) electrons. The maximum Gasteiger partial charge on any atom is 0.260 e. The monoisotopic (exact) mass is 532 g/mol. The van der Waals surface area contributed by atoms with Gasteiger partial charge in [0.25, 0.3) is 5.56 Å². The van der Waals surface area contributed by atoms with Gasteiger partial charge in [0, 0.05) is 21.9 Å². The van der Waals surface area contributed by atoms with Crippen LogP contribution in [0.4, 0.5) is 5.13 Å². The highest BCUT2D eigenvalue weighted by Gasteiger charge is 2.20. The Hall–Kier alpha value is -3.27. The summed E-state index contributed by atoms with van der Waals surface area (Å²) in [5, 5.41) is 7.82. The number of hydrogen-bond donors (Lipinski definition) is 2. The molecule has 1 amide bonds. The van der Waals surface area contributed by atoms with Gasteiger partial charge in [-0.1, -0.05) is 80.2 Å². The average Bonchev–Trinajstić information content (AvgIpc) is 3.52. The average molecular weight is 533 g/mol. The predicted octanol–water partition coefficient (Wildman–Crippen LogP) is 7.02. The first-order chi connectivity index (χ1) is 17.4. The van der Waals surface area contributed by atoms with Crippen molar-refractivity contribution in [2.24, 2.45) is 0 Å². The molecule has 1 unspecified atom stereocenters. The first kappa shape index (κ1) is 24.4. The minimum Gasteiger partial charge on any atom is -0.301 e. The van der Waals surface area contributed by atoms with Crippen molar-refractivity contribution in [3.63, 3.8) is 0 Å². The summed E-state index contributed by atoms with van der Waals surface area (Å²) < 4.78 is 0. The molecule has 3 heterocycles. The number of benzene rings is 2. The third kappa shape index (κ3) is 5.13. The fraction of sp³-hybridized carbons (Fsp3) is 0.185. The molecule has 182 valence electrons. The van der Waals surface area contributed by atoms with Gasteiger partial charge in [-0.2, -0.15) is 0 Å². The Bertz CT molecular complexity index is 1570. The SMILES string of the molecule is CC(Sc1nc2scc(-c3ccc(C(C)C)cc3)c2c(=O)[nH]1)C(=O)Nc1nc(-c2ccccc2)cs1. The number of aromatic nitrogens is 3. The van der Waals surface area contributed by atoms with Gasteiger partial charge in [-0.15, -0.1) is 22.7 Å². The van der Waals surface area contributed by atoms with E-state index in [9.17, 15) is 9.59 Å². The second-order valence-electron chi connectivity index (χ2n) is 8.63. The Morgan fingerprint density at radius 3 is 2.42 bits per heavy atom. The Morgan fingerprint density at radius 1 is 0.944 bits per heavy atom. The lowest BCUT2D eigenvalue weighted by Crippen LogP contribution is -2.23. The van der Waals surface area contributed by atoms with Crippen molar-refractivity contribution in [1.82, 2.24) is 15.0 Å². The normalized spacial score (nSPS) is 12.2. The number of thiazole rings is 1. The van der Waals surface area contributed by atoms with Gasteiger partial charge >= 0.3 is 0 Å². The summed E-state index contributed by atoms with van der Waals surface area (Å²) in [6, 6.07) is 18.1. The lowest BCUT2D eigenvalue weighted by Gasteiger charge is -2.10. The number of nitrogens with one attached hydrogen (secondary N) is 2. The van der Waals surface area contributed by atoms with Crippen molar-refractivity contribution in [3.05, 3.63) is 81.3 Å². The molecule has 0 aliphatic rings. The number of fused-ring (bicyclic) bond motifs is 1. The molecule has 1 atom stereocenters. The van der Waals surface area contributed by atoms with Gasteiger partial charge in [0.05, 0.1) is 16.3 Å². The van der Waals surface area contributed by atoms with Crippen molar-refractivity contribution in [3.8, 4) is 22.4 Å². The molecule has 3 aromatic heterocycles. The lowest BCUT2D eigenvalue weighted by atomic mass is 9.99. The van der Waals surface area contributed by atoms with Gasteiger partial charge in [0.1, 0.15) is 4.83 Å². The van der Waals surface area contributed by atoms with Crippen LogP contribution < -0.4 is 10.9 Å². The number of hydrogen-bond acceptors (Lipinski definition) is 7. The van der Waals surface area contributed by atoms with Crippen molar-refractivity contribution in [2.45, 2.75) is 37.1 Å². The summed E-state index contributed by atoms with van der Waals surface area (Å²) in [5.74, 6) is 0.248. The molecule has 0 saturated heterocycles. The van der Waals surface area contributed by atoms with Gasteiger partial charge < -0.3 is 10.3 Å². The van der Waals surface area contributed by atoms with Gasteiger partial charge in [0.2, 0.25) is 5.91 Å². The number of carbonyl (C=O) groups is 1. The van der Waals surface area contributed by atoms with Gasteiger partial charge in [-0.3, -0.25) is 9.59 Å². The van der Waals surface area contributed by atoms with Crippen molar-refractivity contribution in [1.29, 1.82) is 0 Å². The fourth-order valence-corrected chi connectivity index (χ4v) is 6.27. The number of rotatable bonds is 7. The number of aromatic amines is 1. The molecule has 0 aliphatic carbocycles. The topological polar surface area (TPSA) is 87.7 Å². The van der Waals surface area contributed by atoms with E-state index in [0.29, 0.717) is 26.4 Å². The molecule has 0 aliphatic heterocycles. The highest BCUT2D eigenvalue weighted by molar-refractivity contribution is 8.00. The minimum atomic E-state index is -0.474. The largest absolute Gasteiger partial charge is 0.301 e. The first-order valence-electron chi connectivity index (χ1n) is 11.5. The van der Waals surface area contributed by atoms with Gasteiger partial charge in [-0.05, 0) is 24.0 Å². The molecule has 36 heavy (non-hydrogen) atoms. The Morgan fingerprint density at radius 2 is 1.69 bits per heavy atom. The van der Waals surface area contributed by atoms with Crippen LogP contribution >= 0.6 is 34.4 Å². The molecule has 0 bridgehead atoms. The van der Waals surface area contributed by atoms with Crippen molar-refractivity contribution >= 4 is 55.7 Å². The number of thiophene rings is 1. The molecule has 0 fully saturated rings. The van der Waals surface area contributed by atoms with E-state index < -0.39 is 5.25 Å².